The van der Waals surface area contributed by atoms with Gasteiger partial charge in [-0.05, 0) is 47.6 Å². The molecule has 29 heavy (non-hydrogen) atoms. The van der Waals surface area contributed by atoms with Crippen LogP contribution in [0.5, 0.6) is 0 Å². The molecule has 8 heteroatoms. The predicted molar refractivity (Wildman–Crippen MR) is 115 cm³/mol. The minimum Gasteiger partial charge on any atom is -0.338 e. The van der Waals surface area contributed by atoms with Crippen LogP contribution >= 0.6 is 0 Å². The van der Waals surface area contributed by atoms with Gasteiger partial charge >= 0.3 is 6.03 Å². The van der Waals surface area contributed by atoms with Crippen molar-refractivity contribution in [2.24, 2.45) is 0 Å². The van der Waals surface area contributed by atoms with Crippen molar-refractivity contribution in [2.45, 2.75) is 39.5 Å². The van der Waals surface area contributed by atoms with Crippen LogP contribution in [0.3, 0.4) is 0 Å². The van der Waals surface area contributed by atoms with E-state index in [1.165, 1.54) is 11.6 Å². The third-order valence-electron chi connectivity index (χ3n) is 4.35. The second-order valence-electron chi connectivity index (χ2n) is 8.10. The zero-order valence-corrected chi connectivity index (χ0v) is 18.2. The first-order chi connectivity index (χ1) is 13.3. The third kappa shape index (κ3) is 7.05. The maximum Gasteiger partial charge on any atom is 0.319 e. The Morgan fingerprint density at radius 3 is 2.24 bits per heavy atom. The molecule has 3 N–H and O–H groups in total. The lowest BCUT2D eigenvalue weighted by Gasteiger charge is -2.19. The first kappa shape index (κ1) is 22.7. The molecule has 2 rings (SSSR count). The van der Waals surface area contributed by atoms with Crippen LogP contribution in [0.1, 0.15) is 37.5 Å². The van der Waals surface area contributed by atoms with Crippen molar-refractivity contribution in [3.05, 3.63) is 58.9 Å². The zero-order valence-electron chi connectivity index (χ0n) is 17.4. The van der Waals surface area contributed by atoms with Gasteiger partial charge in [0.2, 0.25) is 10.0 Å². The number of hydrogen-bond acceptors (Lipinski definition) is 3. The van der Waals surface area contributed by atoms with Gasteiger partial charge in [0, 0.05) is 12.2 Å². The molecule has 0 atom stereocenters. The second kappa shape index (κ2) is 8.82. The van der Waals surface area contributed by atoms with E-state index < -0.39 is 21.9 Å². The Bertz CT molecular complexity index is 958. The number of carbonyl (C=O) groups excluding carboxylic acids is 1. The van der Waals surface area contributed by atoms with E-state index in [1.54, 1.807) is 6.92 Å². The van der Waals surface area contributed by atoms with Crippen LogP contribution in [0.25, 0.3) is 0 Å². The lowest BCUT2D eigenvalue weighted by molar-refractivity contribution is 0.252. The number of carbonyl (C=O) groups is 1. The van der Waals surface area contributed by atoms with Gasteiger partial charge in [0.05, 0.1) is 11.9 Å². The molecule has 0 aromatic heterocycles. The Balaban J connectivity index is 1.91. The second-order valence-corrected chi connectivity index (χ2v) is 9.85. The largest absolute Gasteiger partial charge is 0.338 e. The molecule has 2 aromatic rings. The van der Waals surface area contributed by atoms with Crippen LogP contribution in [-0.2, 0) is 21.9 Å². The fourth-order valence-electron chi connectivity index (χ4n) is 2.80. The predicted octanol–water partition coefficient (Wildman–Crippen LogP) is 4.17. The Morgan fingerprint density at radius 1 is 1.10 bits per heavy atom. The summed E-state index contributed by atoms with van der Waals surface area (Å²) in [5.74, 6) is -0.760. The minimum atomic E-state index is -3.60. The number of anilines is 2. The first-order valence-electron chi connectivity index (χ1n) is 9.27. The standard InChI is InChI=1S/C21H28FN3O3S/c1-14-12-17(13-18(22)19(14)25-29(5,27)28)24-20(26)23-11-10-15-6-8-16(9-7-15)21(2,3)4/h6-9,12-13,25H,10-11H2,1-5H3,(H2,23,24,26). The Kier molecular flexibility index (Phi) is 6.89. The highest BCUT2D eigenvalue weighted by atomic mass is 32.2. The van der Waals surface area contributed by atoms with Crippen LogP contribution in [0.2, 0.25) is 0 Å². The van der Waals surface area contributed by atoms with Crippen molar-refractivity contribution >= 4 is 27.4 Å². The molecule has 0 radical (unpaired) electrons. The van der Waals surface area contributed by atoms with Crippen LogP contribution in [0.15, 0.2) is 36.4 Å². The number of rotatable bonds is 6. The van der Waals surface area contributed by atoms with E-state index in [0.29, 0.717) is 18.5 Å². The Hall–Kier alpha value is -2.61. The fraction of sp³-hybridized carbons (Fsp3) is 0.381. The summed E-state index contributed by atoms with van der Waals surface area (Å²) in [5.41, 5.74) is 2.93. The molecule has 0 saturated carbocycles. The number of nitrogens with one attached hydrogen (secondary N) is 3. The smallest absolute Gasteiger partial charge is 0.319 e. The quantitative estimate of drug-likeness (QED) is 0.654. The molecule has 2 aromatic carbocycles. The van der Waals surface area contributed by atoms with Crippen molar-refractivity contribution in [1.29, 1.82) is 0 Å². The topological polar surface area (TPSA) is 87.3 Å². The maximum absolute atomic E-state index is 14.2. The Morgan fingerprint density at radius 2 is 1.72 bits per heavy atom. The summed E-state index contributed by atoms with van der Waals surface area (Å²) in [6.07, 6.45) is 1.62. The molecule has 0 aliphatic heterocycles. The highest BCUT2D eigenvalue weighted by molar-refractivity contribution is 7.92. The molecule has 0 unspecified atom stereocenters. The van der Waals surface area contributed by atoms with Crippen molar-refractivity contribution in [3.8, 4) is 0 Å². The summed E-state index contributed by atoms with van der Waals surface area (Å²) in [6.45, 7) is 8.45. The van der Waals surface area contributed by atoms with E-state index in [0.717, 1.165) is 17.9 Å². The number of benzene rings is 2. The molecule has 158 valence electrons. The summed E-state index contributed by atoms with van der Waals surface area (Å²) in [4.78, 5) is 12.1. The average molecular weight is 422 g/mol. The van der Waals surface area contributed by atoms with E-state index in [4.69, 9.17) is 0 Å². The number of sulfonamides is 1. The van der Waals surface area contributed by atoms with E-state index in [1.807, 2.05) is 12.1 Å². The van der Waals surface area contributed by atoms with Gasteiger partial charge in [0.1, 0.15) is 5.82 Å². The average Bonchev–Trinajstić information content (AvgIpc) is 2.57. The molecule has 0 fully saturated rings. The van der Waals surface area contributed by atoms with E-state index in [-0.39, 0.29) is 16.8 Å². The third-order valence-corrected chi connectivity index (χ3v) is 4.93. The van der Waals surface area contributed by atoms with Crippen LogP contribution in [0, 0.1) is 12.7 Å². The number of urea groups is 1. The van der Waals surface area contributed by atoms with Gasteiger partial charge in [-0.25, -0.2) is 17.6 Å². The van der Waals surface area contributed by atoms with E-state index >= 15 is 0 Å². The number of aryl methyl sites for hydroxylation is 1. The van der Waals surface area contributed by atoms with Crippen molar-refractivity contribution in [3.63, 3.8) is 0 Å². The van der Waals surface area contributed by atoms with Crippen molar-refractivity contribution in [2.75, 3.05) is 22.8 Å². The summed E-state index contributed by atoms with van der Waals surface area (Å²) in [7, 11) is -3.60. The van der Waals surface area contributed by atoms with Gasteiger partial charge in [0.15, 0.2) is 0 Å². The SMILES string of the molecule is Cc1cc(NC(=O)NCCc2ccc(C(C)(C)C)cc2)cc(F)c1NS(C)(=O)=O. The summed E-state index contributed by atoms with van der Waals surface area (Å²) in [5, 5.41) is 5.29. The molecule has 0 heterocycles. The molecule has 0 saturated heterocycles. The van der Waals surface area contributed by atoms with Crippen LogP contribution < -0.4 is 15.4 Å². The lowest BCUT2D eigenvalue weighted by atomic mass is 9.86. The van der Waals surface area contributed by atoms with Gasteiger partial charge in [-0.15, -0.1) is 0 Å². The van der Waals surface area contributed by atoms with E-state index in [9.17, 15) is 17.6 Å². The lowest BCUT2D eigenvalue weighted by Crippen LogP contribution is -2.30. The number of halogens is 1. The van der Waals surface area contributed by atoms with Gasteiger partial charge in [0.25, 0.3) is 0 Å². The van der Waals surface area contributed by atoms with Crippen LogP contribution in [0.4, 0.5) is 20.6 Å². The van der Waals surface area contributed by atoms with Gasteiger partial charge < -0.3 is 10.6 Å². The molecule has 0 spiro atoms. The summed E-state index contributed by atoms with van der Waals surface area (Å²) in [6, 6.07) is 10.4. The minimum absolute atomic E-state index is 0.0937. The zero-order chi connectivity index (χ0) is 21.8. The molecular formula is C21H28FN3O3S. The van der Waals surface area contributed by atoms with Crippen LogP contribution in [-0.4, -0.2) is 27.2 Å². The molecule has 0 bridgehead atoms. The van der Waals surface area contributed by atoms with Crippen molar-refractivity contribution < 1.29 is 17.6 Å². The normalized spacial score (nSPS) is 11.8. The highest BCUT2D eigenvalue weighted by Gasteiger charge is 2.14. The molecule has 0 aliphatic carbocycles. The number of hydrogen-bond donors (Lipinski definition) is 3. The van der Waals surface area contributed by atoms with Gasteiger partial charge in [-0.1, -0.05) is 45.0 Å². The molecular weight excluding hydrogens is 393 g/mol. The van der Waals surface area contributed by atoms with Crippen molar-refractivity contribution in [1.82, 2.24) is 5.32 Å². The van der Waals surface area contributed by atoms with Gasteiger partial charge in [-0.2, -0.15) is 0 Å². The molecule has 2 amide bonds. The molecule has 0 aliphatic rings. The number of amides is 2. The fourth-order valence-corrected chi connectivity index (χ4v) is 3.43. The summed E-state index contributed by atoms with van der Waals surface area (Å²) >= 11 is 0. The first-order valence-corrected chi connectivity index (χ1v) is 11.2. The van der Waals surface area contributed by atoms with Gasteiger partial charge in [-0.3, -0.25) is 4.72 Å². The summed E-state index contributed by atoms with van der Waals surface area (Å²) < 4.78 is 38.9. The maximum atomic E-state index is 14.2. The van der Waals surface area contributed by atoms with E-state index in [2.05, 4.69) is 48.3 Å². The highest BCUT2D eigenvalue weighted by Crippen LogP contribution is 2.25. The molecule has 6 nitrogen and oxygen atoms in total. The monoisotopic (exact) mass is 421 g/mol. The Labute approximate surface area is 172 Å².